The summed E-state index contributed by atoms with van der Waals surface area (Å²) >= 11 is 0. The van der Waals surface area contributed by atoms with E-state index in [-0.39, 0.29) is 22.8 Å². The van der Waals surface area contributed by atoms with Crippen molar-refractivity contribution in [3.63, 3.8) is 0 Å². The van der Waals surface area contributed by atoms with Crippen molar-refractivity contribution in [2.45, 2.75) is 12.8 Å². The quantitative estimate of drug-likeness (QED) is 0.152. The van der Waals surface area contributed by atoms with Gasteiger partial charge in [-0.3, -0.25) is 4.79 Å². The molecule has 206 valence electrons. The average Bonchev–Trinajstić information content (AvgIpc) is 2.95. The van der Waals surface area contributed by atoms with Gasteiger partial charge in [-0.2, -0.15) is 0 Å². The van der Waals surface area contributed by atoms with Crippen LogP contribution < -0.4 is 16.2 Å². The molecule has 0 aliphatic rings. The normalized spacial score (nSPS) is 10.4. The summed E-state index contributed by atoms with van der Waals surface area (Å²) in [5.41, 5.74) is 12.9. The fourth-order valence-electron chi connectivity index (χ4n) is 4.09. The van der Waals surface area contributed by atoms with Crippen molar-refractivity contribution < 1.29 is 36.3 Å². The number of ether oxygens (including phenoxy) is 1. The lowest BCUT2D eigenvalue weighted by atomic mass is 9.96. The second-order valence-electron chi connectivity index (χ2n) is 8.10. The van der Waals surface area contributed by atoms with E-state index >= 15 is 0 Å². The zero-order valence-electron chi connectivity index (χ0n) is 22.7. The van der Waals surface area contributed by atoms with Gasteiger partial charge < -0.3 is 31.5 Å². The summed E-state index contributed by atoms with van der Waals surface area (Å²) in [4.78, 5) is 11.5. The van der Waals surface area contributed by atoms with Crippen LogP contribution in [0, 0.1) is 0 Å². The van der Waals surface area contributed by atoms with E-state index in [0.717, 1.165) is 33.4 Å². The van der Waals surface area contributed by atoms with Gasteiger partial charge in [0.1, 0.15) is 11.5 Å². The first-order chi connectivity index (χ1) is 18.9. The molecule has 0 spiro atoms. The second-order valence-corrected chi connectivity index (χ2v) is 8.10. The zero-order chi connectivity index (χ0) is 29.4. The van der Waals surface area contributed by atoms with Crippen molar-refractivity contribution in [3.05, 3.63) is 108 Å². The molecule has 0 saturated carbocycles. The van der Waals surface area contributed by atoms with Crippen LogP contribution >= 0.6 is 0 Å². The Morgan fingerprint density at radius 2 is 1.23 bits per heavy atom. The molecule has 0 radical (unpaired) electrons. The fourth-order valence-corrected chi connectivity index (χ4v) is 4.09. The van der Waals surface area contributed by atoms with Crippen LogP contribution in [0.1, 0.15) is 43.7 Å². The van der Waals surface area contributed by atoms with Crippen molar-refractivity contribution >= 4 is 30.6 Å². The molecular weight excluding hydrogens is 492 g/mol. The second kappa shape index (κ2) is 17.0. The van der Waals surface area contributed by atoms with Crippen LogP contribution in [0.4, 0.5) is 0 Å². The van der Waals surface area contributed by atoms with Crippen molar-refractivity contribution in [1.82, 2.24) is 0 Å². The largest absolute Gasteiger partial charge is 0.508 e. The topological polar surface area (TPSA) is 142 Å². The highest BCUT2D eigenvalue weighted by molar-refractivity contribution is 5.85. The van der Waals surface area contributed by atoms with Gasteiger partial charge in [-0.15, -0.1) is 26.3 Å². The molecule has 7 nitrogen and oxygen atoms in total. The number of rotatable bonds is 10. The van der Waals surface area contributed by atoms with Gasteiger partial charge in [-0.05, 0) is 58.1 Å². The van der Waals surface area contributed by atoms with Gasteiger partial charge in [0.25, 0.3) is 0 Å². The SMILES string of the molecule is C=C.C=C.COc1c(O)ccc(/C=C/c2cc(O)cc(/C=C/c3ccc(O)c(C=O)c3CC[NH3+])c2)c1CC[NH3+]. The minimum Gasteiger partial charge on any atom is -0.508 e. The van der Waals surface area contributed by atoms with Gasteiger partial charge in [0.05, 0.1) is 25.8 Å². The highest BCUT2D eigenvalue weighted by atomic mass is 16.5. The van der Waals surface area contributed by atoms with Crippen LogP contribution in [-0.4, -0.2) is 41.8 Å². The number of hydrogen-bond donors (Lipinski definition) is 5. The number of benzene rings is 3. The Balaban J connectivity index is 0.00000181. The molecule has 9 N–H and O–H groups in total. The number of quaternary nitrogens is 2. The van der Waals surface area contributed by atoms with Crippen molar-refractivity contribution in [1.29, 1.82) is 0 Å². The van der Waals surface area contributed by atoms with Gasteiger partial charge in [0, 0.05) is 18.4 Å². The van der Waals surface area contributed by atoms with Crippen molar-refractivity contribution in [2.24, 2.45) is 0 Å². The molecule has 0 saturated heterocycles. The van der Waals surface area contributed by atoms with Crippen molar-refractivity contribution in [2.75, 3.05) is 20.2 Å². The zero-order valence-corrected chi connectivity index (χ0v) is 22.7. The lowest BCUT2D eigenvalue weighted by molar-refractivity contribution is -0.367. The minimum absolute atomic E-state index is 0.0468. The molecule has 0 heterocycles. The number of hydrogen-bond acceptors (Lipinski definition) is 5. The molecule has 3 rings (SSSR count). The summed E-state index contributed by atoms with van der Waals surface area (Å²) < 4.78 is 5.38. The number of carbonyl (C=O) groups is 1. The average molecular weight is 533 g/mol. The maximum Gasteiger partial charge on any atom is 0.164 e. The molecule has 0 atom stereocenters. The molecule has 0 unspecified atom stereocenters. The van der Waals surface area contributed by atoms with E-state index < -0.39 is 0 Å². The monoisotopic (exact) mass is 532 g/mol. The molecule has 0 amide bonds. The summed E-state index contributed by atoms with van der Waals surface area (Å²) in [6, 6.07) is 11.9. The maximum absolute atomic E-state index is 11.5. The van der Waals surface area contributed by atoms with Crippen LogP contribution in [-0.2, 0) is 12.8 Å². The van der Waals surface area contributed by atoms with E-state index in [4.69, 9.17) is 4.74 Å². The molecule has 3 aromatic carbocycles. The number of methoxy groups -OCH3 is 1. The predicted molar refractivity (Wildman–Crippen MR) is 160 cm³/mol. The van der Waals surface area contributed by atoms with E-state index in [9.17, 15) is 20.1 Å². The third kappa shape index (κ3) is 8.74. The van der Waals surface area contributed by atoms with E-state index in [0.29, 0.717) is 38.0 Å². The standard InChI is InChI=1S/C28H30N2O5.2C2H4/c1-35-28-24(11-13-30)21(7-9-27(28)34)5-3-19-14-18(15-22(32)16-19)2-4-20-6-8-26(33)25(17-31)23(20)10-12-29;2*1-2/h2-9,14-17,32-34H,10-13,29-30H2,1H3;2*1-2H2/p+2/b4-2+,5-3+;;. The lowest BCUT2D eigenvalue weighted by Gasteiger charge is -2.12. The van der Waals surface area contributed by atoms with Crippen LogP contribution in [0.3, 0.4) is 0 Å². The highest BCUT2D eigenvalue weighted by Gasteiger charge is 2.13. The summed E-state index contributed by atoms with van der Waals surface area (Å²) in [7, 11) is 1.53. The number of carbonyl (C=O) groups excluding carboxylic acids is 1. The summed E-state index contributed by atoms with van der Waals surface area (Å²) in [6.45, 7) is 13.2. The third-order valence-electron chi connectivity index (χ3n) is 5.69. The van der Waals surface area contributed by atoms with E-state index in [1.54, 1.807) is 24.3 Å². The molecule has 0 bridgehead atoms. The molecule has 7 heteroatoms. The van der Waals surface area contributed by atoms with Crippen LogP contribution in [0.2, 0.25) is 0 Å². The first kappa shape index (κ1) is 32.4. The van der Waals surface area contributed by atoms with Gasteiger partial charge in [0.2, 0.25) is 0 Å². The number of phenols is 3. The molecule has 0 aromatic heterocycles. The van der Waals surface area contributed by atoms with Gasteiger partial charge in [-0.1, -0.05) is 36.4 Å². The van der Waals surface area contributed by atoms with E-state index in [2.05, 4.69) is 37.8 Å². The predicted octanol–water partition coefficient (Wildman–Crippen LogP) is 4.14. The summed E-state index contributed by atoms with van der Waals surface area (Å²) in [5, 5.41) is 30.4. The molecule has 39 heavy (non-hydrogen) atoms. The smallest absolute Gasteiger partial charge is 0.164 e. The Morgan fingerprint density at radius 3 is 1.72 bits per heavy atom. The number of phenolic OH excluding ortho intramolecular Hbond substituents is 3. The molecule has 0 fully saturated rings. The number of aldehydes is 1. The Kier molecular flexibility index (Phi) is 14.2. The highest BCUT2D eigenvalue weighted by Crippen LogP contribution is 2.34. The summed E-state index contributed by atoms with van der Waals surface area (Å²) in [5.74, 6) is 0.597. The Hall–Kier alpha value is -4.59. The van der Waals surface area contributed by atoms with Crippen molar-refractivity contribution in [3.8, 4) is 23.0 Å². The first-order valence-electron chi connectivity index (χ1n) is 12.4. The van der Waals surface area contributed by atoms with Crippen LogP contribution in [0.5, 0.6) is 23.0 Å². The van der Waals surface area contributed by atoms with Crippen LogP contribution in [0.25, 0.3) is 24.3 Å². The van der Waals surface area contributed by atoms with E-state index in [1.807, 2.05) is 36.4 Å². The lowest BCUT2D eigenvalue weighted by Crippen LogP contribution is -2.51. The maximum atomic E-state index is 11.5. The Morgan fingerprint density at radius 1 is 0.744 bits per heavy atom. The Bertz CT molecular complexity index is 1300. The minimum atomic E-state index is -0.0468. The molecular formula is C32H40N2O5+2. The van der Waals surface area contributed by atoms with Crippen LogP contribution in [0.15, 0.2) is 68.8 Å². The fraction of sp³-hybridized carbons (Fsp3) is 0.156. The van der Waals surface area contributed by atoms with E-state index in [1.165, 1.54) is 13.2 Å². The van der Waals surface area contributed by atoms with Gasteiger partial charge in [-0.25, -0.2) is 0 Å². The van der Waals surface area contributed by atoms with Gasteiger partial charge >= 0.3 is 0 Å². The third-order valence-corrected chi connectivity index (χ3v) is 5.69. The molecule has 0 aliphatic heterocycles. The summed E-state index contributed by atoms with van der Waals surface area (Å²) in [6.07, 6.45) is 9.38. The first-order valence-corrected chi connectivity index (χ1v) is 12.4. The van der Waals surface area contributed by atoms with Gasteiger partial charge in [0.15, 0.2) is 17.8 Å². The Labute approximate surface area is 230 Å². The molecule has 0 aliphatic carbocycles. The number of aromatic hydroxyl groups is 3. The molecule has 3 aromatic rings.